The Bertz CT molecular complexity index is 458. The molecule has 0 spiro atoms. The number of ketones is 1. The standard InChI is InChI=1S/C10H10O3S/c11-10-8-4-2-1-3-7(8)5-6-9(10)14(12)13/h1-2,4,7H,3,5-6H2. The molecule has 3 nitrogen and oxygen atoms in total. The summed E-state index contributed by atoms with van der Waals surface area (Å²) in [6, 6.07) is 0. The van der Waals surface area contributed by atoms with Crippen LogP contribution in [0.15, 0.2) is 23.8 Å². The molecular weight excluding hydrogens is 200 g/mol. The van der Waals surface area contributed by atoms with E-state index in [9.17, 15) is 13.2 Å². The van der Waals surface area contributed by atoms with Crippen LogP contribution in [0, 0.1) is 5.92 Å². The van der Waals surface area contributed by atoms with Crippen LogP contribution in [-0.2, 0) is 15.1 Å². The lowest BCUT2D eigenvalue weighted by Crippen LogP contribution is -2.29. The molecule has 1 unspecified atom stereocenters. The number of fused-ring (bicyclic) bond motifs is 1. The number of carbonyl (C=O) groups excluding carboxylic acids is 1. The molecule has 4 heteroatoms. The third kappa shape index (κ3) is 1.46. The zero-order valence-corrected chi connectivity index (χ0v) is 8.38. The van der Waals surface area contributed by atoms with Crippen molar-refractivity contribution in [3.05, 3.63) is 23.8 Å². The van der Waals surface area contributed by atoms with Crippen LogP contribution in [0.5, 0.6) is 0 Å². The van der Waals surface area contributed by atoms with E-state index in [0.717, 1.165) is 12.8 Å². The van der Waals surface area contributed by atoms with Gasteiger partial charge in [0.15, 0.2) is 0 Å². The van der Waals surface area contributed by atoms with E-state index in [1.54, 1.807) is 6.08 Å². The molecule has 0 amide bonds. The zero-order valence-electron chi connectivity index (χ0n) is 7.56. The molecule has 0 aromatic rings. The van der Waals surface area contributed by atoms with Crippen molar-refractivity contribution >= 4 is 20.9 Å². The maximum atomic E-state index is 11.7. The van der Waals surface area contributed by atoms with Gasteiger partial charge in [-0.1, -0.05) is 18.2 Å². The van der Waals surface area contributed by atoms with Gasteiger partial charge in [-0.05, 0) is 25.2 Å². The van der Waals surface area contributed by atoms with Crippen molar-refractivity contribution in [1.29, 1.82) is 0 Å². The van der Waals surface area contributed by atoms with E-state index < -0.39 is 10.3 Å². The van der Waals surface area contributed by atoms with Gasteiger partial charge in [-0.3, -0.25) is 4.79 Å². The van der Waals surface area contributed by atoms with Crippen molar-refractivity contribution in [1.82, 2.24) is 0 Å². The predicted molar refractivity (Wildman–Crippen MR) is 53.5 cm³/mol. The minimum absolute atomic E-state index is 0.0443. The van der Waals surface area contributed by atoms with Crippen LogP contribution in [0.25, 0.3) is 0 Å². The molecule has 1 fully saturated rings. The highest BCUT2D eigenvalue weighted by molar-refractivity contribution is 7.74. The molecule has 2 aliphatic rings. The Balaban J connectivity index is 2.46. The second kappa shape index (κ2) is 3.53. The van der Waals surface area contributed by atoms with Gasteiger partial charge in [-0.25, -0.2) is 0 Å². The minimum Gasteiger partial charge on any atom is -0.288 e. The summed E-state index contributed by atoms with van der Waals surface area (Å²) in [4.78, 5) is 11.7. The van der Waals surface area contributed by atoms with Crippen LogP contribution < -0.4 is 0 Å². The van der Waals surface area contributed by atoms with Gasteiger partial charge in [0, 0.05) is 5.57 Å². The second-order valence-corrected chi connectivity index (χ2v) is 4.47. The Morgan fingerprint density at radius 1 is 1.36 bits per heavy atom. The van der Waals surface area contributed by atoms with E-state index in [-0.39, 0.29) is 16.6 Å². The molecule has 0 saturated heterocycles. The lowest BCUT2D eigenvalue weighted by Gasteiger charge is -2.24. The van der Waals surface area contributed by atoms with Gasteiger partial charge >= 0.3 is 0 Å². The first kappa shape index (κ1) is 9.40. The molecule has 0 aliphatic heterocycles. The number of allylic oxidation sites excluding steroid dienone is 4. The molecule has 74 valence electrons. The van der Waals surface area contributed by atoms with Crippen molar-refractivity contribution in [3.63, 3.8) is 0 Å². The molecule has 0 aromatic heterocycles. The highest BCUT2D eigenvalue weighted by Gasteiger charge is 2.31. The van der Waals surface area contributed by atoms with Gasteiger partial charge in [-0.15, -0.1) is 0 Å². The Hall–Kier alpha value is -1.16. The fourth-order valence-corrected chi connectivity index (χ4v) is 2.50. The molecule has 14 heavy (non-hydrogen) atoms. The van der Waals surface area contributed by atoms with E-state index in [1.165, 1.54) is 0 Å². The fourth-order valence-electron chi connectivity index (χ4n) is 1.95. The Morgan fingerprint density at radius 3 is 2.86 bits per heavy atom. The first-order valence-electron chi connectivity index (χ1n) is 4.56. The second-order valence-electron chi connectivity index (χ2n) is 3.51. The molecule has 0 radical (unpaired) electrons. The number of Topliss-reactive ketones (excluding diaryl/α,β-unsaturated/α-hetero) is 1. The van der Waals surface area contributed by atoms with Crippen molar-refractivity contribution in [2.75, 3.05) is 0 Å². The number of rotatable bonds is 0. The van der Waals surface area contributed by atoms with Crippen LogP contribution in [0.3, 0.4) is 0 Å². The van der Waals surface area contributed by atoms with Crippen LogP contribution in [0.4, 0.5) is 0 Å². The Labute approximate surface area is 83.7 Å². The average molecular weight is 210 g/mol. The van der Waals surface area contributed by atoms with Gasteiger partial charge in [0.25, 0.3) is 0 Å². The largest absolute Gasteiger partial charge is 0.288 e. The summed E-state index contributed by atoms with van der Waals surface area (Å²) in [5.41, 5.74) is 0.665. The highest BCUT2D eigenvalue weighted by Crippen LogP contribution is 2.30. The van der Waals surface area contributed by atoms with Crippen LogP contribution in [-0.4, -0.2) is 19.1 Å². The van der Waals surface area contributed by atoms with Gasteiger partial charge in [0.1, 0.15) is 4.86 Å². The summed E-state index contributed by atoms with van der Waals surface area (Å²) >= 11 is 0. The molecular formula is C10H10O3S. The van der Waals surface area contributed by atoms with E-state index in [4.69, 9.17) is 0 Å². The maximum absolute atomic E-state index is 11.7. The predicted octanol–water partition coefficient (Wildman–Crippen LogP) is 0.903. The molecule has 1 atom stereocenters. The Kier molecular flexibility index (Phi) is 2.37. The summed E-state index contributed by atoms with van der Waals surface area (Å²) in [6.07, 6.45) is 7.59. The smallest absolute Gasteiger partial charge is 0.221 e. The summed E-state index contributed by atoms with van der Waals surface area (Å²) in [5, 5.41) is 0. The average Bonchev–Trinajstić information content (AvgIpc) is 2.18. The third-order valence-electron chi connectivity index (χ3n) is 2.71. The highest BCUT2D eigenvalue weighted by atomic mass is 32.2. The van der Waals surface area contributed by atoms with Crippen molar-refractivity contribution in [2.45, 2.75) is 19.3 Å². The molecule has 2 rings (SSSR count). The van der Waals surface area contributed by atoms with E-state index in [0.29, 0.717) is 12.0 Å². The quantitative estimate of drug-likeness (QED) is 0.558. The molecule has 0 aromatic carbocycles. The topological polar surface area (TPSA) is 51.2 Å². The maximum Gasteiger partial charge on any atom is 0.221 e. The molecule has 0 bridgehead atoms. The van der Waals surface area contributed by atoms with E-state index in [2.05, 4.69) is 0 Å². The summed E-state index contributed by atoms with van der Waals surface area (Å²) < 4.78 is 21.5. The summed E-state index contributed by atoms with van der Waals surface area (Å²) in [6.45, 7) is 0. The van der Waals surface area contributed by atoms with E-state index >= 15 is 0 Å². The van der Waals surface area contributed by atoms with Gasteiger partial charge in [0.05, 0.1) is 0 Å². The van der Waals surface area contributed by atoms with Crippen LogP contribution in [0.1, 0.15) is 19.3 Å². The zero-order chi connectivity index (χ0) is 10.1. The number of hydrogen-bond acceptors (Lipinski definition) is 3. The first-order chi connectivity index (χ1) is 6.70. The summed E-state index contributed by atoms with van der Waals surface area (Å²) in [7, 11) is -2.35. The third-order valence-corrected chi connectivity index (χ3v) is 3.50. The minimum atomic E-state index is -2.35. The molecule has 0 N–H and O–H groups in total. The number of carbonyl (C=O) groups is 1. The Morgan fingerprint density at radius 2 is 2.14 bits per heavy atom. The number of hydrogen-bond donors (Lipinski definition) is 0. The van der Waals surface area contributed by atoms with Crippen molar-refractivity contribution in [2.24, 2.45) is 5.92 Å². The monoisotopic (exact) mass is 210 g/mol. The lowest BCUT2D eigenvalue weighted by atomic mass is 9.79. The van der Waals surface area contributed by atoms with Gasteiger partial charge < -0.3 is 0 Å². The van der Waals surface area contributed by atoms with Gasteiger partial charge in [-0.2, -0.15) is 8.42 Å². The SMILES string of the molecule is O=C1C2=CC=CCC2CCC1=S(=O)=O. The molecule has 0 heterocycles. The molecule has 2 aliphatic carbocycles. The lowest BCUT2D eigenvalue weighted by molar-refractivity contribution is -0.110. The van der Waals surface area contributed by atoms with Crippen LogP contribution in [0.2, 0.25) is 0 Å². The fraction of sp³-hybridized carbons (Fsp3) is 0.400. The van der Waals surface area contributed by atoms with Crippen molar-refractivity contribution < 1.29 is 13.2 Å². The summed E-state index contributed by atoms with van der Waals surface area (Å²) in [5.74, 6) is -0.0428. The van der Waals surface area contributed by atoms with Crippen molar-refractivity contribution in [3.8, 4) is 0 Å². The normalized spacial score (nSPS) is 25.7. The van der Waals surface area contributed by atoms with Gasteiger partial charge in [0.2, 0.25) is 16.1 Å². The van der Waals surface area contributed by atoms with Crippen LogP contribution >= 0.6 is 0 Å². The van der Waals surface area contributed by atoms with E-state index in [1.807, 2.05) is 12.2 Å². The molecule has 1 saturated carbocycles. The first-order valence-corrected chi connectivity index (χ1v) is 5.64.